The Bertz CT molecular complexity index is 796. The van der Waals surface area contributed by atoms with Gasteiger partial charge in [-0.15, -0.1) is 0 Å². The summed E-state index contributed by atoms with van der Waals surface area (Å²) in [4.78, 5) is 8.96. The number of aromatic nitrogens is 2. The molecule has 3 rings (SSSR count). The normalized spacial score (nSPS) is 10.5. The van der Waals surface area contributed by atoms with E-state index in [4.69, 9.17) is 4.98 Å². The first-order valence-electron chi connectivity index (χ1n) is 7.96. The molecule has 0 spiro atoms. The molecule has 1 N–H and O–H groups in total. The molecule has 1 aromatic carbocycles. The Morgan fingerprint density at radius 1 is 1.04 bits per heavy atom. The van der Waals surface area contributed by atoms with E-state index in [1.165, 1.54) is 16.7 Å². The van der Waals surface area contributed by atoms with Crippen molar-refractivity contribution in [3.05, 3.63) is 77.6 Å². The minimum absolute atomic E-state index is 0.773. The Morgan fingerprint density at radius 2 is 1.91 bits per heavy atom. The van der Waals surface area contributed by atoms with Crippen LogP contribution >= 0.6 is 0 Å². The van der Waals surface area contributed by atoms with E-state index in [0.29, 0.717) is 0 Å². The first-order valence-corrected chi connectivity index (χ1v) is 7.96. The van der Waals surface area contributed by atoms with Crippen molar-refractivity contribution in [3.8, 4) is 11.3 Å². The van der Waals surface area contributed by atoms with Gasteiger partial charge in [-0.25, -0.2) is 4.98 Å². The summed E-state index contributed by atoms with van der Waals surface area (Å²) >= 11 is 0. The van der Waals surface area contributed by atoms with Crippen LogP contribution in [0.3, 0.4) is 0 Å². The molecule has 0 fully saturated rings. The molecule has 2 heterocycles. The van der Waals surface area contributed by atoms with Crippen LogP contribution in [0.1, 0.15) is 23.6 Å². The summed E-state index contributed by atoms with van der Waals surface area (Å²) in [6, 6.07) is 16.6. The molecule has 23 heavy (non-hydrogen) atoms. The Balaban J connectivity index is 1.80. The molecule has 0 aliphatic heterocycles. The van der Waals surface area contributed by atoms with E-state index in [2.05, 4.69) is 48.4 Å². The average molecular weight is 303 g/mol. The number of pyridine rings is 2. The summed E-state index contributed by atoms with van der Waals surface area (Å²) in [6.45, 7) is 5.02. The molecule has 0 bridgehead atoms. The van der Waals surface area contributed by atoms with Gasteiger partial charge in [-0.05, 0) is 42.7 Å². The molecular formula is C20H21N3. The Kier molecular flexibility index (Phi) is 4.67. The van der Waals surface area contributed by atoms with Crippen molar-refractivity contribution >= 4 is 5.82 Å². The first kappa shape index (κ1) is 15.2. The predicted molar refractivity (Wildman–Crippen MR) is 95.4 cm³/mol. The zero-order valence-corrected chi connectivity index (χ0v) is 13.6. The second kappa shape index (κ2) is 7.05. The molecular weight excluding hydrogens is 282 g/mol. The van der Waals surface area contributed by atoms with Gasteiger partial charge in [-0.3, -0.25) is 4.98 Å². The lowest BCUT2D eigenvalue weighted by molar-refractivity contribution is 1.09. The van der Waals surface area contributed by atoms with Gasteiger partial charge in [0.25, 0.3) is 0 Å². The number of nitrogens with one attached hydrogen (secondary N) is 1. The summed E-state index contributed by atoms with van der Waals surface area (Å²) in [5.41, 5.74) is 5.89. The molecule has 3 aromatic rings. The second-order valence-electron chi connectivity index (χ2n) is 5.64. The minimum Gasteiger partial charge on any atom is -0.366 e. The van der Waals surface area contributed by atoms with Crippen LogP contribution in [0.5, 0.6) is 0 Å². The van der Waals surface area contributed by atoms with Crippen LogP contribution in [0.15, 0.2) is 60.9 Å². The number of benzene rings is 1. The second-order valence-corrected chi connectivity index (χ2v) is 5.64. The third-order valence-corrected chi connectivity index (χ3v) is 3.87. The van der Waals surface area contributed by atoms with Crippen molar-refractivity contribution in [2.75, 3.05) is 5.32 Å². The van der Waals surface area contributed by atoms with Crippen molar-refractivity contribution in [1.29, 1.82) is 0 Å². The molecule has 0 amide bonds. The van der Waals surface area contributed by atoms with Crippen molar-refractivity contribution in [3.63, 3.8) is 0 Å². The van der Waals surface area contributed by atoms with E-state index in [0.717, 1.165) is 30.0 Å². The molecule has 0 atom stereocenters. The number of aryl methyl sites for hydroxylation is 2. The Morgan fingerprint density at radius 3 is 2.74 bits per heavy atom. The summed E-state index contributed by atoms with van der Waals surface area (Å²) in [5.74, 6) is 0.892. The van der Waals surface area contributed by atoms with E-state index < -0.39 is 0 Å². The molecule has 0 aliphatic carbocycles. The van der Waals surface area contributed by atoms with Crippen molar-refractivity contribution in [2.24, 2.45) is 0 Å². The van der Waals surface area contributed by atoms with E-state index in [9.17, 15) is 0 Å². The van der Waals surface area contributed by atoms with E-state index in [1.54, 1.807) is 0 Å². The predicted octanol–water partition coefficient (Wildman–Crippen LogP) is 4.63. The Labute approximate surface area is 137 Å². The SMILES string of the molecule is CCc1cnccc1-c1cccc(NCc2cccc(C)c2)n1. The van der Waals surface area contributed by atoms with Gasteiger partial charge in [-0.2, -0.15) is 0 Å². The minimum atomic E-state index is 0.773. The van der Waals surface area contributed by atoms with Crippen LogP contribution in [0.4, 0.5) is 5.82 Å². The fourth-order valence-corrected chi connectivity index (χ4v) is 2.66. The van der Waals surface area contributed by atoms with Crippen molar-refractivity contribution in [2.45, 2.75) is 26.8 Å². The van der Waals surface area contributed by atoms with Crippen LogP contribution in [0.25, 0.3) is 11.3 Å². The maximum atomic E-state index is 4.75. The lowest BCUT2D eigenvalue weighted by Gasteiger charge is -2.10. The van der Waals surface area contributed by atoms with Gasteiger partial charge < -0.3 is 5.32 Å². The van der Waals surface area contributed by atoms with Crippen molar-refractivity contribution < 1.29 is 0 Å². The maximum Gasteiger partial charge on any atom is 0.126 e. The molecule has 116 valence electrons. The highest BCUT2D eigenvalue weighted by Gasteiger charge is 2.06. The van der Waals surface area contributed by atoms with Gasteiger partial charge in [0.05, 0.1) is 5.69 Å². The van der Waals surface area contributed by atoms with Crippen molar-refractivity contribution in [1.82, 2.24) is 9.97 Å². The molecule has 3 nitrogen and oxygen atoms in total. The maximum absolute atomic E-state index is 4.75. The fourth-order valence-electron chi connectivity index (χ4n) is 2.66. The lowest BCUT2D eigenvalue weighted by atomic mass is 10.0. The summed E-state index contributed by atoms with van der Waals surface area (Å²) in [5, 5.41) is 3.41. The molecule has 3 heteroatoms. The van der Waals surface area contributed by atoms with Gasteiger partial charge in [-0.1, -0.05) is 42.8 Å². The lowest BCUT2D eigenvalue weighted by Crippen LogP contribution is -2.02. The monoisotopic (exact) mass is 303 g/mol. The zero-order chi connectivity index (χ0) is 16.1. The highest BCUT2D eigenvalue weighted by atomic mass is 15.0. The summed E-state index contributed by atoms with van der Waals surface area (Å²) in [7, 11) is 0. The molecule has 0 saturated heterocycles. The van der Waals surface area contributed by atoms with Crippen LogP contribution < -0.4 is 5.32 Å². The number of rotatable bonds is 5. The van der Waals surface area contributed by atoms with E-state index in [1.807, 2.05) is 36.7 Å². The standard InChI is InChI=1S/C20H21N3/c1-3-17-14-21-11-10-18(17)19-8-5-9-20(23-19)22-13-16-7-4-6-15(2)12-16/h4-12,14H,3,13H2,1-2H3,(H,22,23). The molecule has 0 radical (unpaired) electrons. The van der Waals surface area contributed by atoms with Gasteiger partial charge >= 0.3 is 0 Å². The topological polar surface area (TPSA) is 37.8 Å². The number of hydrogen-bond donors (Lipinski definition) is 1. The third-order valence-electron chi connectivity index (χ3n) is 3.87. The first-order chi connectivity index (χ1) is 11.3. The smallest absolute Gasteiger partial charge is 0.126 e. The molecule has 0 aliphatic rings. The molecule has 0 unspecified atom stereocenters. The van der Waals surface area contributed by atoms with Gasteiger partial charge in [0.15, 0.2) is 0 Å². The summed E-state index contributed by atoms with van der Waals surface area (Å²) < 4.78 is 0. The van der Waals surface area contributed by atoms with Crippen LogP contribution in [-0.2, 0) is 13.0 Å². The fraction of sp³-hybridized carbons (Fsp3) is 0.200. The average Bonchev–Trinajstić information content (AvgIpc) is 2.60. The molecule has 2 aromatic heterocycles. The van der Waals surface area contributed by atoms with Gasteiger partial charge in [0.1, 0.15) is 5.82 Å². The number of hydrogen-bond acceptors (Lipinski definition) is 3. The summed E-state index contributed by atoms with van der Waals surface area (Å²) in [6.07, 6.45) is 4.69. The van der Waals surface area contributed by atoms with Crippen LogP contribution in [0.2, 0.25) is 0 Å². The highest BCUT2D eigenvalue weighted by Crippen LogP contribution is 2.23. The highest BCUT2D eigenvalue weighted by molar-refractivity contribution is 5.64. The quantitative estimate of drug-likeness (QED) is 0.747. The zero-order valence-electron chi connectivity index (χ0n) is 13.6. The van der Waals surface area contributed by atoms with Crippen LogP contribution in [0, 0.1) is 6.92 Å². The Hall–Kier alpha value is -2.68. The third kappa shape index (κ3) is 3.75. The largest absolute Gasteiger partial charge is 0.366 e. The van der Waals surface area contributed by atoms with Gasteiger partial charge in [0.2, 0.25) is 0 Å². The van der Waals surface area contributed by atoms with Crippen LogP contribution in [-0.4, -0.2) is 9.97 Å². The van der Waals surface area contributed by atoms with E-state index >= 15 is 0 Å². The van der Waals surface area contributed by atoms with E-state index in [-0.39, 0.29) is 0 Å². The number of anilines is 1. The number of nitrogens with zero attached hydrogens (tertiary/aromatic N) is 2. The molecule has 0 saturated carbocycles. The van der Waals surface area contributed by atoms with Gasteiger partial charge in [0, 0.05) is 24.5 Å².